The fraction of sp³-hybridized carbons (Fsp3) is 0.615. The van der Waals surface area contributed by atoms with Gasteiger partial charge in [0.25, 0.3) is 0 Å². The largest absolute Gasteiger partial charge is 0.297 e. The average Bonchev–Trinajstić information content (AvgIpc) is 2.85. The third-order valence-corrected chi connectivity index (χ3v) is 4.56. The van der Waals surface area contributed by atoms with Crippen LogP contribution in [-0.2, 0) is 0 Å². The Hall–Kier alpha value is -0.670. The molecule has 1 fully saturated rings. The van der Waals surface area contributed by atoms with E-state index in [4.69, 9.17) is 0 Å². The van der Waals surface area contributed by atoms with Gasteiger partial charge in [-0.2, -0.15) is 0 Å². The van der Waals surface area contributed by atoms with E-state index >= 15 is 0 Å². The molecule has 0 N–H and O–H groups in total. The summed E-state index contributed by atoms with van der Waals surface area (Å²) in [6.07, 6.45) is 4.36. The number of rotatable bonds is 3. The smallest absolute Gasteiger partial charge is 0.183 e. The molecule has 0 unspecified atom stereocenters. The number of Topliss-reactive ketones (excluding diaryl/α,β-unsaturated/α-hetero) is 1. The lowest BCUT2D eigenvalue weighted by atomic mass is 9.87. The van der Waals surface area contributed by atoms with E-state index in [0.717, 1.165) is 18.4 Å². The van der Waals surface area contributed by atoms with Crippen molar-refractivity contribution in [3.63, 3.8) is 0 Å². The van der Waals surface area contributed by atoms with Crippen molar-refractivity contribution in [1.82, 2.24) is 4.90 Å². The number of nitrogens with zero attached hydrogens (tertiary/aromatic N) is 1. The molecule has 1 heterocycles. The van der Waals surface area contributed by atoms with E-state index in [1.807, 2.05) is 25.5 Å². The van der Waals surface area contributed by atoms with Crippen LogP contribution in [0.15, 0.2) is 11.4 Å². The van der Waals surface area contributed by atoms with Gasteiger partial charge in [0.15, 0.2) is 5.78 Å². The van der Waals surface area contributed by atoms with Crippen LogP contribution in [0.5, 0.6) is 0 Å². The Balaban J connectivity index is 2.31. The molecule has 0 aliphatic heterocycles. The van der Waals surface area contributed by atoms with Crippen molar-refractivity contribution in [1.29, 1.82) is 0 Å². The van der Waals surface area contributed by atoms with E-state index in [9.17, 15) is 4.79 Å². The third kappa shape index (κ3) is 1.82. The molecule has 1 aromatic rings. The molecule has 0 radical (unpaired) electrons. The molecule has 1 aliphatic rings. The molecule has 88 valence electrons. The molecule has 2 nitrogen and oxygen atoms in total. The van der Waals surface area contributed by atoms with Crippen molar-refractivity contribution in [3.05, 3.63) is 21.9 Å². The summed E-state index contributed by atoms with van der Waals surface area (Å²) >= 11 is 1.66. The van der Waals surface area contributed by atoms with Crippen molar-refractivity contribution in [2.75, 3.05) is 14.1 Å². The molecular formula is C13H19NOS. The highest BCUT2D eigenvalue weighted by molar-refractivity contribution is 7.10. The lowest BCUT2D eigenvalue weighted by Crippen LogP contribution is -2.48. The number of likely N-dealkylation sites (N-methyl/N-ethyl adjacent to an activating group) is 1. The van der Waals surface area contributed by atoms with E-state index in [-0.39, 0.29) is 5.54 Å². The quantitative estimate of drug-likeness (QED) is 0.753. The molecule has 16 heavy (non-hydrogen) atoms. The SMILES string of the molecule is Cc1cc(C(=O)C2(N(C)C)CCCC2)cs1. The van der Waals surface area contributed by atoms with Crippen LogP contribution in [0.1, 0.15) is 40.9 Å². The molecule has 0 saturated heterocycles. The van der Waals surface area contributed by atoms with Gasteiger partial charge in [-0.05, 0) is 39.9 Å². The monoisotopic (exact) mass is 237 g/mol. The second kappa shape index (κ2) is 4.30. The number of aryl methyl sites for hydroxylation is 1. The van der Waals surface area contributed by atoms with Crippen LogP contribution in [0.25, 0.3) is 0 Å². The van der Waals surface area contributed by atoms with Gasteiger partial charge in [-0.1, -0.05) is 12.8 Å². The number of ketones is 1. The summed E-state index contributed by atoms with van der Waals surface area (Å²) in [6.45, 7) is 2.05. The molecule has 0 spiro atoms. The summed E-state index contributed by atoms with van der Waals surface area (Å²) in [7, 11) is 4.06. The third-order valence-electron chi connectivity index (χ3n) is 3.70. The Kier molecular flexibility index (Phi) is 3.17. The van der Waals surface area contributed by atoms with E-state index in [1.165, 1.54) is 17.7 Å². The van der Waals surface area contributed by atoms with Gasteiger partial charge in [0, 0.05) is 15.8 Å². The predicted octanol–water partition coefficient (Wildman–Crippen LogP) is 3.11. The lowest BCUT2D eigenvalue weighted by Gasteiger charge is -2.34. The molecule has 0 bridgehead atoms. The standard InChI is InChI=1S/C13H19NOS/c1-10-8-11(9-16-10)12(15)13(14(2)3)6-4-5-7-13/h8-9H,4-7H2,1-3H3. The van der Waals surface area contributed by atoms with Crippen molar-refractivity contribution in [3.8, 4) is 0 Å². The Bertz CT molecular complexity index is 388. The first-order chi connectivity index (χ1) is 7.56. The Morgan fingerprint density at radius 3 is 2.44 bits per heavy atom. The summed E-state index contributed by atoms with van der Waals surface area (Å²) < 4.78 is 0. The first-order valence-corrected chi connectivity index (χ1v) is 6.71. The Morgan fingerprint density at radius 2 is 2.00 bits per heavy atom. The highest BCUT2D eigenvalue weighted by Gasteiger charge is 2.43. The highest BCUT2D eigenvalue weighted by atomic mass is 32.1. The zero-order valence-corrected chi connectivity index (χ0v) is 11.1. The normalized spacial score (nSPS) is 19.2. The van der Waals surface area contributed by atoms with Crippen LogP contribution in [0.4, 0.5) is 0 Å². The van der Waals surface area contributed by atoms with Gasteiger partial charge in [-0.3, -0.25) is 9.69 Å². The van der Waals surface area contributed by atoms with Crippen LogP contribution in [0, 0.1) is 6.92 Å². The van der Waals surface area contributed by atoms with Gasteiger partial charge >= 0.3 is 0 Å². The topological polar surface area (TPSA) is 20.3 Å². The maximum absolute atomic E-state index is 12.6. The predicted molar refractivity (Wildman–Crippen MR) is 68.3 cm³/mol. The fourth-order valence-electron chi connectivity index (χ4n) is 2.67. The second-order valence-corrected chi connectivity index (χ2v) is 6.02. The summed E-state index contributed by atoms with van der Waals surface area (Å²) in [4.78, 5) is 15.9. The van der Waals surface area contributed by atoms with Crippen molar-refractivity contribution >= 4 is 17.1 Å². The molecule has 0 aromatic carbocycles. The van der Waals surface area contributed by atoms with Crippen LogP contribution in [0.2, 0.25) is 0 Å². The Labute approximate surface area is 101 Å². The minimum absolute atomic E-state index is 0.229. The number of hydrogen-bond acceptors (Lipinski definition) is 3. The zero-order chi connectivity index (χ0) is 11.8. The maximum atomic E-state index is 12.6. The summed E-state index contributed by atoms with van der Waals surface area (Å²) in [6, 6.07) is 2.02. The lowest BCUT2D eigenvalue weighted by molar-refractivity contribution is 0.0694. The number of carbonyl (C=O) groups is 1. The molecule has 1 saturated carbocycles. The number of hydrogen-bond donors (Lipinski definition) is 0. The second-order valence-electron chi connectivity index (χ2n) is 4.91. The first kappa shape index (κ1) is 11.8. The molecule has 1 aromatic heterocycles. The molecule has 3 heteroatoms. The first-order valence-electron chi connectivity index (χ1n) is 5.84. The van der Waals surface area contributed by atoms with Crippen molar-refractivity contribution < 1.29 is 4.79 Å². The van der Waals surface area contributed by atoms with Crippen molar-refractivity contribution in [2.45, 2.75) is 38.1 Å². The van der Waals surface area contributed by atoms with Gasteiger partial charge in [0.2, 0.25) is 0 Å². The number of thiophene rings is 1. The summed E-state index contributed by atoms with van der Waals surface area (Å²) in [5.74, 6) is 0.319. The van der Waals surface area contributed by atoms with Crippen LogP contribution in [-0.4, -0.2) is 30.3 Å². The van der Waals surface area contributed by atoms with E-state index in [1.54, 1.807) is 11.3 Å². The minimum atomic E-state index is -0.229. The van der Waals surface area contributed by atoms with Crippen molar-refractivity contribution in [2.24, 2.45) is 0 Å². The van der Waals surface area contributed by atoms with Gasteiger partial charge in [-0.15, -0.1) is 11.3 Å². The molecule has 0 amide bonds. The molecule has 2 rings (SSSR count). The molecular weight excluding hydrogens is 218 g/mol. The molecule has 0 atom stereocenters. The fourth-order valence-corrected chi connectivity index (χ4v) is 3.35. The minimum Gasteiger partial charge on any atom is -0.297 e. The maximum Gasteiger partial charge on any atom is 0.183 e. The van der Waals surface area contributed by atoms with Gasteiger partial charge < -0.3 is 0 Å². The Morgan fingerprint density at radius 1 is 1.38 bits per heavy atom. The molecule has 1 aliphatic carbocycles. The summed E-state index contributed by atoms with van der Waals surface area (Å²) in [5.41, 5.74) is 0.672. The highest BCUT2D eigenvalue weighted by Crippen LogP contribution is 2.37. The van der Waals surface area contributed by atoms with Gasteiger partial charge in [0.05, 0.1) is 5.54 Å². The van der Waals surface area contributed by atoms with Gasteiger partial charge in [0.1, 0.15) is 0 Å². The van der Waals surface area contributed by atoms with Crippen LogP contribution >= 0.6 is 11.3 Å². The van der Waals surface area contributed by atoms with E-state index in [0.29, 0.717) is 5.78 Å². The summed E-state index contributed by atoms with van der Waals surface area (Å²) in [5, 5.41) is 2.00. The zero-order valence-electron chi connectivity index (χ0n) is 10.2. The van der Waals surface area contributed by atoms with E-state index in [2.05, 4.69) is 11.8 Å². The van der Waals surface area contributed by atoms with E-state index < -0.39 is 0 Å². The van der Waals surface area contributed by atoms with Crippen LogP contribution in [0.3, 0.4) is 0 Å². The van der Waals surface area contributed by atoms with Crippen LogP contribution < -0.4 is 0 Å². The number of carbonyl (C=O) groups excluding carboxylic acids is 1. The average molecular weight is 237 g/mol. The van der Waals surface area contributed by atoms with Gasteiger partial charge in [-0.25, -0.2) is 0 Å².